The molecule has 0 spiro atoms. The third-order valence-electron chi connectivity index (χ3n) is 1.82. The Morgan fingerprint density at radius 2 is 2.29 bits per heavy atom. The summed E-state index contributed by atoms with van der Waals surface area (Å²) in [5.74, 6) is 3.66. The molecule has 1 aromatic carbocycles. The first kappa shape index (κ1) is 11.2. The molecule has 0 aromatic heterocycles. The second kappa shape index (κ2) is 6.53. The second-order valence-electron chi connectivity index (χ2n) is 2.96. The Morgan fingerprint density at radius 1 is 1.43 bits per heavy atom. The lowest BCUT2D eigenvalue weighted by Gasteiger charge is -2.02. The lowest BCUT2D eigenvalue weighted by Crippen LogP contribution is -1.84. The highest BCUT2D eigenvalue weighted by Crippen LogP contribution is 2.20. The second-order valence-corrected chi connectivity index (χ2v) is 4.13. The van der Waals surface area contributed by atoms with Crippen molar-refractivity contribution in [2.24, 2.45) is 0 Å². The van der Waals surface area contributed by atoms with E-state index in [9.17, 15) is 0 Å². The summed E-state index contributed by atoms with van der Waals surface area (Å²) in [5.41, 5.74) is 0.965. The highest BCUT2D eigenvalue weighted by Gasteiger charge is 1.95. The molecule has 0 aliphatic carbocycles. The Labute approximate surface area is 89.5 Å². The van der Waals surface area contributed by atoms with Crippen LogP contribution in [0, 0.1) is 12.3 Å². The largest absolute Gasteiger partial charge is 0.392 e. The minimum atomic E-state index is 0.110. The van der Waals surface area contributed by atoms with Crippen molar-refractivity contribution in [3.63, 3.8) is 0 Å². The van der Waals surface area contributed by atoms with Crippen LogP contribution in [-0.2, 0) is 6.61 Å². The van der Waals surface area contributed by atoms with Crippen LogP contribution in [0.15, 0.2) is 29.2 Å². The molecule has 0 aliphatic heterocycles. The summed E-state index contributed by atoms with van der Waals surface area (Å²) in [4.78, 5) is 1.20. The van der Waals surface area contributed by atoms with E-state index in [0.717, 1.165) is 24.2 Å². The molecule has 14 heavy (non-hydrogen) atoms. The van der Waals surface area contributed by atoms with Crippen LogP contribution in [0.25, 0.3) is 0 Å². The SMILES string of the molecule is C#CCCCSc1cccc(CO)c1. The molecule has 0 heterocycles. The van der Waals surface area contributed by atoms with Gasteiger partial charge in [-0.2, -0.15) is 0 Å². The van der Waals surface area contributed by atoms with E-state index in [4.69, 9.17) is 11.5 Å². The fraction of sp³-hybridized carbons (Fsp3) is 0.333. The molecular formula is C12H14OS. The summed E-state index contributed by atoms with van der Waals surface area (Å²) >= 11 is 1.78. The standard InChI is InChI=1S/C12H14OS/c1-2-3-4-8-14-12-7-5-6-11(9-12)10-13/h1,5-7,9,13H,3-4,8,10H2. The molecule has 0 saturated carbocycles. The van der Waals surface area contributed by atoms with Gasteiger partial charge in [0, 0.05) is 11.3 Å². The molecule has 0 atom stereocenters. The highest BCUT2D eigenvalue weighted by atomic mass is 32.2. The van der Waals surface area contributed by atoms with Crippen LogP contribution < -0.4 is 0 Å². The molecule has 1 N–H and O–H groups in total. The van der Waals surface area contributed by atoms with Crippen molar-refractivity contribution in [1.29, 1.82) is 0 Å². The van der Waals surface area contributed by atoms with Gasteiger partial charge in [-0.25, -0.2) is 0 Å². The third-order valence-corrected chi connectivity index (χ3v) is 2.90. The van der Waals surface area contributed by atoms with Gasteiger partial charge in [0.15, 0.2) is 0 Å². The lowest BCUT2D eigenvalue weighted by atomic mass is 10.2. The van der Waals surface area contributed by atoms with Crippen LogP contribution in [0.5, 0.6) is 0 Å². The van der Waals surface area contributed by atoms with Crippen molar-refractivity contribution < 1.29 is 5.11 Å². The fourth-order valence-electron chi connectivity index (χ4n) is 1.10. The molecule has 1 nitrogen and oxygen atoms in total. The van der Waals surface area contributed by atoms with Crippen LogP contribution in [-0.4, -0.2) is 10.9 Å². The monoisotopic (exact) mass is 206 g/mol. The van der Waals surface area contributed by atoms with Gasteiger partial charge in [-0.3, -0.25) is 0 Å². The quantitative estimate of drug-likeness (QED) is 0.454. The van der Waals surface area contributed by atoms with Gasteiger partial charge >= 0.3 is 0 Å². The van der Waals surface area contributed by atoms with Crippen molar-refractivity contribution in [3.8, 4) is 12.3 Å². The molecule has 0 radical (unpaired) electrons. The molecule has 0 saturated heterocycles. The van der Waals surface area contributed by atoms with E-state index >= 15 is 0 Å². The Balaban J connectivity index is 2.39. The van der Waals surface area contributed by atoms with Gasteiger partial charge in [0.2, 0.25) is 0 Å². The summed E-state index contributed by atoms with van der Waals surface area (Å²) in [7, 11) is 0. The van der Waals surface area contributed by atoms with E-state index in [1.165, 1.54) is 4.90 Å². The highest BCUT2D eigenvalue weighted by molar-refractivity contribution is 7.99. The number of unbranched alkanes of at least 4 members (excludes halogenated alkanes) is 1. The van der Waals surface area contributed by atoms with Crippen LogP contribution in [0.3, 0.4) is 0 Å². The van der Waals surface area contributed by atoms with Crippen LogP contribution in [0.1, 0.15) is 18.4 Å². The zero-order valence-corrected chi connectivity index (χ0v) is 8.89. The molecule has 0 aliphatic rings. The van der Waals surface area contributed by atoms with Gasteiger partial charge in [-0.1, -0.05) is 12.1 Å². The molecule has 0 bridgehead atoms. The van der Waals surface area contributed by atoms with Gasteiger partial charge in [0.1, 0.15) is 0 Å². The van der Waals surface area contributed by atoms with E-state index in [1.807, 2.05) is 18.2 Å². The number of terminal acetylenes is 1. The minimum Gasteiger partial charge on any atom is -0.392 e. The maximum absolute atomic E-state index is 8.94. The maximum atomic E-state index is 8.94. The predicted octanol–water partition coefficient (Wildman–Crippen LogP) is 2.68. The zero-order valence-electron chi connectivity index (χ0n) is 8.07. The van der Waals surface area contributed by atoms with Crippen molar-refractivity contribution in [2.75, 3.05) is 5.75 Å². The van der Waals surface area contributed by atoms with E-state index < -0.39 is 0 Å². The normalized spacial score (nSPS) is 9.71. The summed E-state index contributed by atoms with van der Waals surface area (Å²) in [5, 5.41) is 8.94. The maximum Gasteiger partial charge on any atom is 0.0682 e. The topological polar surface area (TPSA) is 20.2 Å². The van der Waals surface area contributed by atoms with Gasteiger partial charge in [0.05, 0.1) is 6.61 Å². The molecule has 0 fully saturated rings. The van der Waals surface area contributed by atoms with Crippen LogP contribution in [0.2, 0.25) is 0 Å². The van der Waals surface area contributed by atoms with Crippen molar-refractivity contribution in [1.82, 2.24) is 0 Å². The van der Waals surface area contributed by atoms with E-state index in [2.05, 4.69) is 12.0 Å². The van der Waals surface area contributed by atoms with E-state index in [0.29, 0.717) is 0 Å². The Morgan fingerprint density at radius 3 is 3.00 bits per heavy atom. The molecule has 0 unspecified atom stereocenters. The number of hydrogen-bond acceptors (Lipinski definition) is 2. The minimum absolute atomic E-state index is 0.110. The Bertz CT molecular complexity index is 314. The first-order valence-corrected chi connectivity index (χ1v) is 5.61. The van der Waals surface area contributed by atoms with Gasteiger partial charge in [0.25, 0.3) is 0 Å². The number of benzene rings is 1. The van der Waals surface area contributed by atoms with Gasteiger partial charge in [-0.15, -0.1) is 24.1 Å². The number of thioether (sulfide) groups is 1. The average molecular weight is 206 g/mol. The third kappa shape index (κ3) is 3.87. The van der Waals surface area contributed by atoms with Crippen molar-refractivity contribution >= 4 is 11.8 Å². The van der Waals surface area contributed by atoms with Crippen LogP contribution in [0.4, 0.5) is 0 Å². The number of hydrogen-bond donors (Lipinski definition) is 1. The summed E-state index contributed by atoms with van der Waals surface area (Å²) < 4.78 is 0. The molecular weight excluding hydrogens is 192 g/mol. The fourth-order valence-corrected chi connectivity index (χ4v) is 2.03. The van der Waals surface area contributed by atoms with Gasteiger partial charge in [-0.05, 0) is 29.9 Å². The summed E-state index contributed by atoms with van der Waals surface area (Å²) in [6.07, 6.45) is 7.05. The smallest absolute Gasteiger partial charge is 0.0682 e. The van der Waals surface area contributed by atoms with E-state index in [1.54, 1.807) is 11.8 Å². The van der Waals surface area contributed by atoms with Crippen LogP contribution >= 0.6 is 11.8 Å². The lowest BCUT2D eigenvalue weighted by molar-refractivity contribution is 0.281. The van der Waals surface area contributed by atoms with Crippen molar-refractivity contribution in [3.05, 3.63) is 29.8 Å². The summed E-state index contributed by atoms with van der Waals surface area (Å²) in [6, 6.07) is 7.96. The average Bonchev–Trinajstić information content (AvgIpc) is 2.25. The van der Waals surface area contributed by atoms with E-state index in [-0.39, 0.29) is 6.61 Å². The first-order chi connectivity index (χ1) is 6.86. The molecule has 0 amide bonds. The molecule has 1 rings (SSSR count). The molecule has 1 aromatic rings. The number of aliphatic hydroxyl groups excluding tert-OH is 1. The number of aliphatic hydroxyl groups is 1. The molecule has 2 heteroatoms. The summed E-state index contributed by atoms with van der Waals surface area (Å²) in [6.45, 7) is 0.110. The Kier molecular flexibility index (Phi) is 5.21. The Hall–Kier alpha value is -0.910. The molecule has 74 valence electrons. The van der Waals surface area contributed by atoms with Gasteiger partial charge < -0.3 is 5.11 Å². The number of rotatable bonds is 5. The van der Waals surface area contributed by atoms with Crippen molar-refractivity contribution in [2.45, 2.75) is 24.3 Å². The first-order valence-electron chi connectivity index (χ1n) is 4.63. The predicted molar refractivity (Wildman–Crippen MR) is 61.2 cm³/mol. The zero-order chi connectivity index (χ0) is 10.2.